The Morgan fingerprint density at radius 1 is 0.806 bits per heavy atom. The maximum atomic E-state index is 13.1. The molecule has 5 aliphatic rings. The van der Waals surface area contributed by atoms with Crippen LogP contribution in [0.1, 0.15) is 48.8 Å². The van der Waals surface area contributed by atoms with Crippen molar-refractivity contribution in [3.8, 4) is 11.1 Å². The minimum Gasteiger partial charge on any atom is -0.333 e. The molecule has 4 heteroatoms. The molecule has 4 saturated carbocycles. The number of hydrogen-bond acceptors (Lipinski definition) is 3. The molecule has 1 heterocycles. The van der Waals surface area contributed by atoms with Crippen molar-refractivity contribution in [2.45, 2.75) is 62.8 Å². The lowest BCUT2D eigenvalue weighted by molar-refractivity contribution is -0.131. The maximum absolute atomic E-state index is 13.1. The van der Waals surface area contributed by atoms with Crippen LogP contribution in [0.2, 0.25) is 0 Å². The second-order valence-electron chi connectivity index (χ2n) is 11.8. The molecule has 0 spiro atoms. The smallest absolute Gasteiger partial charge is 0.237 e. The molecular weight excluding hydrogens is 442 g/mol. The minimum absolute atomic E-state index is 0.123. The van der Waals surface area contributed by atoms with E-state index >= 15 is 0 Å². The van der Waals surface area contributed by atoms with E-state index in [9.17, 15) is 4.79 Å². The summed E-state index contributed by atoms with van der Waals surface area (Å²) in [5.41, 5.74) is 6.82. The highest BCUT2D eigenvalue weighted by Gasteiger charge is 2.63. The molecule has 1 amide bonds. The predicted octanol–water partition coefficient (Wildman–Crippen LogP) is 5.28. The van der Waals surface area contributed by atoms with E-state index < -0.39 is 0 Å². The standard InChI is InChI=1S/C32H35N3O/c36-30(35-20-27-8-4-5-9-28(27)21-35)19-33-31-15-24-14-29(17-31)32(16-24,22-31)34-18-23-10-12-26(13-11-23)25-6-2-1-3-7-25/h1-13,24,29,33-34H,14-22H2. The van der Waals surface area contributed by atoms with Crippen molar-refractivity contribution < 1.29 is 4.79 Å². The minimum atomic E-state index is 0.123. The van der Waals surface area contributed by atoms with E-state index in [1.807, 2.05) is 4.90 Å². The van der Waals surface area contributed by atoms with Crippen LogP contribution in [0, 0.1) is 11.8 Å². The van der Waals surface area contributed by atoms with Crippen molar-refractivity contribution in [1.29, 1.82) is 0 Å². The Balaban J connectivity index is 0.982. The molecule has 0 aromatic heterocycles. The molecule has 4 bridgehead atoms. The number of carbonyl (C=O) groups is 1. The van der Waals surface area contributed by atoms with Gasteiger partial charge in [-0.2, -0.15) is 0 Å². The Kier molecular flexibility index (Phi) is 5.30. The zero-order valence-electron chi connectivity index (χ0n) is 20.9. The van der Waals surface area contributed by atoms with Gasteiger partial charge in [0, 0.05) is 30.7 Å². The van der Waals surface area contributed by atoms with Crippen molar-refractivity contribution in [1.82, 2.24) is 15.5 Å². The highest BCUT2D eigenvalue weighted by molar-refractivity contribution is 5.79. The van der Waals surface area contributed by atoms with Crippen molar-refractivity contribution in [3.05, 3.63) is 95.6 Å². The van der Waals surface area contributed by atoms with Crippen LogP contribution in [0.15, 0.2) is 78.9 Å². The van der Waals surface area contributed by atoms with Gasteiger partial charge in [0.25, 0.3) is 0 Å². The van der Waals surface area contributed by atoms with Crippen molar-refractivity contribution in [3.63, 3.8) is 0 Å². The number of hydrogen-bond donors (Lipinski definition) is 2. The van der Waals surface area contributed by atoms with Crippen LogP contribution >= 0.6 is 0 Å². The van der Waals surface area contributed by atoms with Crippen LogP contribution in [-0.2, 0) is 24.4 Å². The quantitative estimate of drug-likeness (QED) is 0.487. The average Bonchev–Trinajstić information content (AvgIpc) is 3.52. The zero-order chi connectivity index (χ0) is 24.2. The maximum Gasteiger partial charge on any atom is 0.237 e. The van der Waals surface area contributed by atoms with Gasteiger partial charge in [-0.3, -0.25) is 4.79 Å². The number of benzene rings is 3. The van der Waals surface area contributed by atoms with Crippen molar-refractivity contribution in [2.75, 3.05) is 6.54 Å². The molecule has 3 aromatic rings. The van der Waals surface area contributed by atoms with Gasteiger partial charge in [0.05, 0.1) is 6.54 Å². The van der Waals surface area contributed by atoms with Gasteiger partial charge >= 0.3 is 0 Å². The number of rotatable bonds is 7. The second-order valence-corrected chi connectivity index (χ2v) is 11.8. The first-order valence-electron chi connectivity index (χ1n) is 13.6. The molecule has 3 aromatic carbocycles. The van der Waals surface area contributed by atoms with E-state index in [1.54, 1.807) is 0 Å². The summed E-state index contributed by atoms with van der Waals surface area (Å²) in [6.45, 7) is 2.89. The Hall–Kier alpha value is -2.95. The molecule has 4 unspecified atom stereocenters. The van der Waals surface area contributed by atoms with Gasteiger partial charge in [-0.15, -0.1) is 0 Å². The summed E-state index contributed by atoms with van der Waals surface area (Å²) in [7, 11) is 0. The van der Waals surface area contributed by atoms with Gasteiger partial charge in [-0.05, 0) is 71.8 Å². The van der Waals surface area contributed by atoms with E-state index in [1.165, 1.54) is 53.5 Å². The number of amides is 1. The van der Waals surface area contributed by atoms with Gasteiger partial charge < -0.3 is 15.5 Å². The van der Waals surface area contributed by atoms with Crippen LogP contribution < -0.4 is 10.6 Å². The molecule has 2 N–H and O–H groups in total. The summed E-state index contributed by atoms with van der Waals surface area (Å²) in [6, 6.07) is 28.1. The molecule has 0 saturated heterocycles. The van der Waals surface area contributed by atoms with Gasteiger partial charge in [0.15, 0.2) is 0 Å². The molecule has 4 nitrogen and oxygen atoms in total. The summed E-state index contributed by atoms with van der Waals surface area (Å²) in [4.78, 5) is 15.1. The Morgan fingerprint density at radius 2 is 1.50 bits per heavy atom. The van der Waals surface area contributed by atoms with Crippen LogP contribution in [-0.4, -0.2) is 28.4 Å². The van der Waals surface area contributed by atoms with E-state index in [4.69, 9.17) is 0 Å². The number of nitrogens with one attached hydrogen (secondary N) is 2. The molecule has 184 valence electrons. The van der Waals surface area contributed by atoms with Gasteiger partial charge in [-0.25, -0.2) is 0 Å². The fourth-order valence-electron chi connectivity index (χ4n) is 7.99. The van der Waals surface area contributed by atoms with Crippen LogP contribution in [0.3, 0.4) is 0 Å². The van der Waals surface area contributed by atoms with E-state index in [0.29, 0.717) is 6.54 Å². The highest BCUT2D eigenvalue weighted by atomic mass is 16.2. The van der Waals surface area contributed by atoms with Gasteiger partial charge in [0.2, 0.25) is 5.91 Å². The average molecular weight is 478 g/mol. The summed E-state index contributed by atoms with van der Waals surface area (Å²) < 4.78 is 0. The lowest BCUT2D eigenvalue weighted by atomic mass is 9.74. The Morgan fingerprint density at radius 3 is 2.25 bits per heavy atom. The summed E-state index contributed by atoms with van der Waals surface area (Å²) in [6.07, 6.45) is 6.22. The third-order valence-electron chi connectivity index (χ3n) is 9.54. The second kappa shape index (κ2) is 8.57. The van der Waals surface area contributed by atoms with Crippen molar-refractivity contribution >= 4 is 5.91 Å². The topological polar surface area (TPSA) is 44.4 Å². The van der Waals surface area contributed by atoms with Crippen LogP contribution in [0.4, 0.5) is 0 Å². The molecule has 0 radical (unpaired) electrons. The SMILES string of the molecule is O=C(CNC12CC3CC(C1)C(NCc1ccc(-c4ccccc4)cc1)(C3)C2)N1Cc2ccccc2C1. The lowest BCUT2D eigenvalue weighted by Gasteiger charge is -2.42. The van der Waals surface area contributed by atoms with Crippen LogP contribution in [0.25, 0.3) is 11.1 Å². The largest absolute Gasteiger partial charge is 0.333 e. The van der Waals surface area contributed by atoms with Crippen LogP contribution in [0.5, 0.6) is 0 Å². The number of fused-ring (bicyclic) bond motifs is 1. The molecule has 4 fully saturated rings. The first-order chi connectivity index (χ1) is 17.6. The van der Waals surface area contributed by atoms with Gasteiger partial charge in [0.1, 0.15) is 0 Å². The third-order valence-corrected chi connectivity index (χ3v) is 9.54. The molecule has 1 aliphatic heterocycles. The predicted molar refractivity (Wildman–Crippen MR) is 143 cm³/mol. The Labute approximate surface area is 214 Å². The number of carbonyl (C=O) groups excluding carboxylic acids is 1. The molecule has 4 atom stereocenters. The molecular formula is C32H35N3O. The fourth-order valence-corrected chi connectivity index (χ4v) is 7.99. The van der Waals surface area contributed by atoms with Gasteiger partial charge in [-0.1, -0.05) is 78.9 Å². The number of nitrogens with zero attached hydrogens (tertiary/aromatic N) is 1. The molecule has 36 heavy (non-hydrogen) atoms. The zero-order valence-corrected chi connectivity index (χ0v) is 20.9. The normalized spacial score (nSPS) is 29.6. The van der Waals surface area contributed by atoms with E-state index in [-0.39, 0.29) is 17.0 Å². The van der Waals surface area contributed by atoms with E-state index in [0.717, 1.165) is 37.9 Å². The highest BCUT2D eigenvalue weighted by Crippen LogP contribution is 2.62. The van der Waals surface area contributed by atoms with Crippen molar-refractivity contribution in [2.24, 2.45) is 11.8 Å². The Bertz CT molecular complexity index is 1250. The summed E-state index contributed by atoms with van der Waals surface area (Å²) in [5.74, 6) is 1.74. The summed E-state index contributed by atoms with van der Waals surface area (Å²) >= 11 is 0. The molecule has 8 rings (SSSR count). The van der Waals surface area contributed by atoms with E-state index in [2.05, 4.69) is 89.5 Å². The third kappa shape index (κ3) is 3.88. The lowest BCUT2D eigenvalue weighted by Crippen LogP contribution is -2.55. The first kappa shape index (κ1) is 22.3. The fraction of sp³-hybridized carbons (Fsp3) is 0.406. The first-order valence-corrected chi connectivity index (χ1v) is 13.6. The molecule has 4 aliphatic carbocycles. The monoisotopic (exact) mass is 477 g/mol. The summed E-state index contributed by atoms with van der Waals surface area (Å²) in [5, 5.41) is 7.85.